The molecule has 0 atom stereocenters. The average molecular weight is 262 g/mol. The van der Waals surface area contributed by atoms with Crippen LogP contribution in [-0.2, 0) is 11.3 Å². The number of methoxy groups -OCH3 is 1. The molecule has 1 aromatic carbocycles. The van der Waals surface area contributed by atoms with Gasteiger partial charge in [-0.2, -0.15) is 0 Å². The molecular formula is C16H26N2O. The van der Waals surface area contributed by atoms with Crippen molar-refractivity contribution in [2.24, 2.45) is 0 Å². The van der Waals surface area contributed by atoms with E-state index in [1.165, 1.54) is 24.0 Å². The minimum absolute atomic E-state index is 0.805. The van der Waals surface area contributed by atoms with E-state index in [-0.39, 0.29) is 0 Å². The molecule has 1 saturated carbocycles. The second kappa shape index (κ2) is 7.63. The Bertz CT molecular complexity index is 377. The molecular weight excluding hydrogens is 236 g/mol. The van der Waals surface area contributed by atoms with Crippen molar-refractivity contribution in [1.82, 2.24) is 10.2 Å². The van der Waals surface area contributed by atoms with Crippen LogP contribution in [0.5, 0.6) is 0 Å². The van der Waals surface area contributed by atoms with Crippen molar-refractivity contribution in [3.63, 3.8) is 0 Å². The molecule has 0 saturated heterocycles. The zero-order valence-corrected chi connectivity index (χ0v) is 12.2. The van der Waals surface area contributed by atoms with Gasteiger partial charge in [0.15, 0.2) is 0 Å². The monoisotopic (exact) mass is 262 g/mol. The Hall–Kier alpha value is -0.900. The number of nitrogens with zero attached hydrogens (tertiary/aromatic N) is 1. The van der Waals surface area contributed by atoms with Crippen molar-refractivity contribution >= 4 is 0 Å². The van der Waals surface area contributed by atoms with Crippen LogP contribution in [0.3, 0.4) is 0 Å². The number of hydrogen-bond donors (Lipinski definition) is 1. The molecule has 0 aromatic heterocycles. The number of benzene rings is 1. The summed E-state index contributed by atoms with van der Waals surface area (Å²) in [5, 5.41) is 3.51. The zero-order chi connectivity index (χ0) is 13.5. The molecule has 106 valence electrons. The van der Waals surface area contributed by atoms with E-state index in [1.807, 2.05) is 0 Å². The number of rotatable bonds is 9. The van der Waals surface area contributed by atoms with E-state index in [9.17, 15) is 0 Å². The predicted molar refractivity (Wildman–Crippen MR) is 79.5 cm³/mol. The fourth-order valence-electron chi connectivity index (χ4n) is 2.24. The molecule has 3 heteroatoms. The van der Waals surface area contributed by atoms with Crippen molar-refractivity contribution < 1.29 is 4.74 Å². The summed E-state index contributed by atoms with van der Waals surface area (Å²) in [7, 11) is 3.88. The van der Waals surface area contributed by atoms with Crippen LogP contribution in [0.2, 0.25) is 0 Å². The van der Waals surface area contributed by atoms with E-state index in [2.05, 4.69) is 41.5 Å². The molecule has 0 aliphatic heterocycles. The van der Waals surface area contributed by atoms with Crippen molar-refractivity contribution in [3.05, 3.63) is 35.4 Å². The first-order valence-corrected chi connectivity index (χ1v) is 7.26. The number of likely N-dealkylation sites (N-methyl/N-ethyl adjacent to an activating group) is 1. The quantitative estimate of drug-likeness (QED) is 0.691. The Morgan fingerprint density at radius 3 is 2.89 bits per heavy atom. The van der Waals surface area contributed by atoms with Gasteiger partial charge in [-0.15, -0.1) is 0 Å². The van der Waals surface area contributed by atoms with E-state index < -0.39 is 0 Å². The van der Waals surface area contributed by atoms with Crippen molar-refractivity contribution in [2.45, 2.75) is 25.3 Å². The zero-order valence-electron chi connectivity index (χ0n) is 12.2. The second-order valence-corrected chi connectivity index (χ2v) is 5.49. The standard InChI is InChI=1S/C16H26N2O/c1-18(10-11-19-2)9-8-17-13-14-4-3-5-16(12-14)15-6-7-15/h3-5,12,15,17H,6-11,13H2,1-2H3. The van der Waals surface area contributed by atoms with E-state index in [4.69, 9.17) is 4.74 Å². The Morgan fingerprint density at radius 1 is 1.32 bits per heavy atom. The third kappa shape index (κ3) is 5.31. The Morgan fingerprint density at radius 2 is 2.16 bits per heavy atom. The normalized spacial score (nSPS) is 15.1. The lowest BCUT2D eigenvalue weighted by atomic mass is 10.1. The summed E-state index contributed by atoms with van der Waals surface area (Å²) < 4.78 is 5.07. The molecule has 0 unspecified atom stereocenters. The summed E-state index contributed by atoms with van der Waals surface area (Å²) in [4.78, 5) is 2.29. The topological polar surface area (TPSA) is 24.5 Å². The summed E-state index contributed by atoms with van der Waals surface area (Å²) in [6.45, 7) is 4.85. The highest BCUT2D eigenvalue weighted by Gasteiger charge is 2.23. The lowest BCUT2D eigenvalue weighted by Crippen LogP contribution is -2.31. The molecule has 0 heterocycles. The van der Waals surface area contributed by atoms with Gasteiger partial charge in [0, 0.05) is 33.3 Å². The Balaban J connectivity index is 1.63. The molecule has 0 spiro atoms. The highest BCUT2D eigenvalue weighted by atomic mass is 16.5. The number of hydrogen-bond acceptors (Lipinski definition) is 3. The van der Waals surface area contributed by atoms with Gasteiger partial charge in [0.25, 0.3) is 0 Å². The minimum atomic E-state index is 0.805. The average Bonchev–Trinajstić information content (AvgIpc) is 3.26. The molecule has 19 heavy (non-hydrogen) atoms. The van der Waals surface area contributed by atoms with Crippen LogP contribution in [-0.4, -0.2) is 45.3 Å². The lowest BCUT2D eigenvalue weighted by molar-refractivity contribution is 0.161. The van der Waals surface area contributed by atoms with Gasteiger partial charge in [0.05, 0.1) is 6.61 Å². The third-order valence-electron chi connectivity index (χ3n) is 3.68. The van der Waals surface area contributed by atoms with Crippen molar-refractivity contribution in [2.75, 3.05) is 40.4 Å². The van der Waals surface area contributed by atoms with Crippen LogP contribution < -0.4 is 5.32 Å². The molecule has 1 aliphatic rings. The van der Waals surface area contributed by atoms with Gasteiger partial charge in [0.2, 0.25) is 0 Å². The fraction of sp³-hybridized carbons (Fsp3) is 0.625. The molecule has 3 nitrogen and oxygen atoms in total. The lowest BCUT2D eigenvalue weighted by Gasteiger charge is -2.16. The van der Waals surface area contributed by atoms with E-state index in [0.29, 0.717) is 0 Å². The fourth-order valence-corrected chi connectivity index (χ4v) is 2.24. The molecule has 1 fully saturated rings. The van der Waals surface area contributed by atoms with Gasteiger partial charge in [0.1, 0.15) is 0 Å². The molecule has 1 N–H and O–H groups in total. The highest BCUT2D eigenvalue weighted by molar-refractivity contribution is 5.29. The maximum atomic E-state index is 5.07. The molecule has 2 rings (SSSR count). The summed E-state index contributed by atoms with van der Waals surface area (Å²) in [5.41, 5.74) is 2.93. The van der Waals surface area contributed by atoms with Crippen LogP contribution >= 0.6 is 0 Å². The SMILES string of the molecule is COCCN(C)CCNCc1cccc(C2CC2)c1. The van der Waals surface area contributed by atoms with Crippen LogP contribution in [0.25, 0.3) is 0 Å². The van der Waals surface area contributed by atoms with Crippen LogP contribution in [0.1, 0.15) is 29.9 Å². The van der Waals surface area contributed by atoms with Crippen molar-refractivity contribution in [1.29, 1.82) is 0 Å². The third-order valence-corrected chi connectivity index (χ3v) is 3.68. The van der Waals surface area contributed by atoms with Gasteiger partial charge in [-0.3, -0.25) is 0 Å². The van der Waals surface area contributed by atoms with E-state index in [0.717, 1.165) is 38.7 Å². The number of ether oxygens (including phenoxy) is 1. The maximum absolute atomic E-state index is 5.07. The van der Waals surface area contributed by atoms with Crippen LogP contribution in [0, 0.1) is 0 Å². The predicted octanol–water partition coefficient (Wildman–Crippen LogP) is 2.23. The summed E-state index contributed by atoms with van der Waals surface area (Å²) in [5.74, 6) is 0.847. The number of nitrogens with one attached hydrogen (secondary N) is 1. The minimum Gasteiger partial charge on any atom is -0.383 e. The van der Waals surface area contributed by atoms with Crippen LogP contribution in [0.4, 0.5) is 0 Å². The summed E-state index contributed by atoms with van der Waals surface area (Å²) in [6.07, 6.45) is 2.75. The summed E-state index contributed by atoms with van der Waals surface area (Å²) in [6, 6.07) is 9.03. The molecule has 1 aromatic rings. The summed E-state index contributed by atoms with van der Waals surface area (Å²) >= 11 is 0. The van der Waals surface area contributed by atoms with Gasteiger partial charge in [-0.1, -0.05) is 24.3 Å². The Labute approximate surface area is 116 Å². The van der Waals surface area contributed by atoms with E-state index >= 15 is 0 Å². The second-order valence-electron chi connectivity index (χ2n) is 5.49. The molecule has 0 amide bonds. The first kappa shape index (κ1) is 14.5. The highest BCUT2D eigenvalue weighted by Crippen LogP contribution is 2.40. The largest absolute Gasteiger partial charge is 0.383 e. The van der Waals surface area contributed by atoms with Gasteiger partial charge < -0.3 is 15.0 Å². The Kier molecular flexibility index (Phi) is 5.83. The van der Waals surface area contributed by atoms with Gasteiger partial charge in [-0.25, -0.2) is 0 Å². The smallest absolute Gasteiger partial charge is 0.0589 e. The first-order chi connectivity index (χ1) is 9.29. The van der Waals surface area contributed by atoms with Gasteiger partial charge in [-0.05, 0) is 36.9 Å². The van der Waals surface area contributed by atoms with Gasteiger partial charge >= 0.3 is 0 Å². The molecule has 0 radical (unpaired) electrons. The maximum Gasteiger partial charge on any atom is 0.0589 e. The van der Waals surface area contributed by atoms with E-state index in [1.54, 1.807) is 7.11 Å². The van der Waals surface area contributed by atoms with Crippen molar-refractivity contribution in [3.8, 4) is 0 Å². The molecule has 1 aliphatic carbocycles. The van der Waals surface area contributed by atoms with Crippen LogP contribution in [0.15, 0.2) is 24.3 Å². The molecule has 0 bridgehead atoms. The first-order valence-electron chi connectivity index (χ1n) is 7.26.